The van der Waals surface area contributed by atoms with E-state index < -0.39 is 0 Å². The first-order valence-electron chi connectivity index (χ1n) is 8.14. The number of methoxy groups -OCH3 is 2. The van der Waals surface area contributed by atoms with Gasteiger partial charge in [-0.1, -0.05) is 23.7 Å². The molecule has 0 spiro atoms. The molecule has 3 aromatic rings. The predicted octanol–water partition coefficient (Wildman–Crippen LogP) is 4.49. The summed E-state index contributed by atoms with van der Waals surface area (Å²) >= 11 is 7.59. The smallest absolute Gasteiger partial charge is 0.241 e. The molecule has 0 aliphatic carbocycles. The monoisotopic (exact) mass is 393 g/mol. The Morgan fingerprint density at radius 1 is 1.15 bits per heavy atom. The van der Waals surface area contributed by atoms with Crippen LogP contribution in [0, 0.1) is 0 Å². The Balaban J connectivity index is 1.74. The summed E-state index contributed by atoms with van der Waals surface area (Å²) in [6, 6.07) is 9.45. The Morgan fingerprint density at radius 2 is 2.00 bits per heavy atom. The topological polar surface area (TPSA) is 60.6 Å². The fourth-order valence-electron chi connectivity index (χ4n) is 2.54. The van der Waals surface area contributed by atoms with Crippen LogP contribution in [0.4, 0.5) is 0 Å². The number of hydrogen-bond acceptors (Lipinski definition) is 7. The van der Waals surface area contributed by atoms with Gasteiger partial charge in [0.15, 0.2) is 0 Å². The summed E-state index contributed by atoms with van der Waals surface area (Å²) in [7, 11) is 3.21. The van der Waals surface area contributed by atoms with Crippen LogP contribution in [0.5, 0.6) is 11.5 Å². The predicted molar refractivity (Wildman–Crippen MR) is 102 cm³/mol. The van der Waals surface area contributed by atoms with Crippen LogP contribution in [0.25, 0.3) is 11.4 Å². The van der Waals surface area contributed by atoms with Crippen molar-refractivity contribution in [3.05, 3.63) is 45.4 Å². The number of halogens is 1. The van der Waals surface area contributed by atoms with Crippen LogP contribution in [0.1, 0.15) is 17.7 Å². The summed E-state index contributed by atoms with van der Waals surface area (Å²) < 4.78 is 16.9. The maximum absolute atomic E-state index is 6.01. The number of thiophene rings is 1. The molecular formula is C18H20ClN3O3S. The highest BCUT2D eigenvalue weighted by Crippen LogP contribution is 2.31. The Hall–Kier alpha value is -2.09. The van der Waals surface area contributed by atoms with E-state index in [0.29, 0.717) is 29.8 Å². The lowest BCUT2D eigenvalue weighted by atomic mass is 10.2. The molecule has 3 rings (SSSR count). The van der Waals surface area contributed by atoms with E-state index in [0.717, 1.165) is 23.0 Å². The molecule has 138 valence electrons. The molecule has 0 radical (unpaired) electrons. The van der Waals surface area contributed by atoms with Gasteiger partial charge in [0.1, 0.15) is 11.5 Å². The Morgan fingerprint density at radius 3 is 2.65 bits per heavy atom. The van der Waals surface area contributed by atoms with Crippen LogP contribution >= 0.6 is 22.9 Å². The number of benzene rings is 1. The van der Waals surface area contributed by atoms with E-state index in [2.05, 4.69) is 22.0 Å². The summed E-state index contributed by atoms with van der Waals surface area (Å²) in [5.41, 5.74) is 0.761. The van der Waals surface area contributed by atoms with Crippen LogP contribution in [-0.2, 0) is 13.1 Å². The molecule has 0 unspecified atom stereocenters. The zero-order valence-electron chi connectivity index (χ0n) is 14.9. The van der Waals surface area contributed by atoms with Gasteiger partial charge >= 0.3 is 0 Å². The van der Waals surface area contributed by atoms with Gasteiger partial charge in [-0.05, 0) is 30.8 Å². The fraction of sp³-hybridized carbons (Fsp3) is 0.333. The van der Waals surface area contributed by atoms with Crippen molar-refractivity contribution in [1.29, 1.82) is 0 Å². The van der Waals surface area contributed by atoms with Crippen molar-refractivity contribution in [3.63, 3.8) is 0 Å². The third kappa shape index (κ3) is 4.35. The van der Waals surface area contributed by atoms with Crippen molar-refractivity contribution in [2.45, 2.75) is 20.0 Å². The second-order valence-electron chi connectivity index (χ2n) is 5.59. The summed E-state index contributed by atoms with van der Waals surface area (Å²) in [6.07, 6.45) is 0. The lowest BCUT2D eigenvalue weighted by molar-refractivity contribution is 0.230. The van der Waals surface area contributed by atoms with Crippen molar-refractivity contribution >= 4 is 22.9 Å². The van der Waals surface area contributed by atoms with Crippen LogP contribution in [0.3, 0.4) is 0 Å². The molecular weight excluding hydrogens is 374 g/mol. The molecule has 0 bridgehead atoms. The highest BCUT2D eigenvalue weighted by molar-refractivity contribution is 7.16. The van der Waals surface area contributed by atoms with Gasteiger partial charge < -0.3 is 14.0 Å². The maximum atomic E-state index is 6.01. The summed E-state index contributed by atoms with van der Waals surface area (Å²) in [5.74, 6) is 2.40. The quantitative estimate of drug-likeness (QED) is 0.562. The zero-order chi connectivity index (χ0) is 18.5. The number of ether oxygens (including phenoxy) is 2. The van der Waals surface area contributed by atoms with Gasteiger partial charge in [0.05, 0.1) is 30.7 Å². The average Bonchev–Trinajstić information content (AvgIpc) is 3.29. The molecule has 0 N–H and O–H groups in total. The van der Waals surface area contributed by atoms with E-state index in [4.69, 9.17) is 25.6 Å². The first kappa shape index (κ1) is 18.7. The first-order valence-corrected chi connectivity index (χ1v) is 9.34. The minimum atomic E-state index is 0.495. The Bertz CT molecular complexity index is 865. The molecule has 2 aromatic heterocycles. The summed E-state index contributed by atoms with van der Waals surface area (Å²) in [4.78, 5) is 7.93. The molecule has 0 aliphatic rings. The molecule has 0 fully saturated rings. The van der Waals surface area contributed by atoms with Crippen LogP contribution in [0.15, 0.2) is 34.9 Å². The maximum Gasteiger partial charge on any atom is 0.241 e. The molecule has 0 saturated carbocycles. The molecule has 0 atom stereocenters. The highest BCUT2D eigenvalue weighted by Gasteiger charge is 2.16. The SMILES string of the molecule is CCN(Cc1nc(-c2ccc(OC)cc2OC)no1)Cc1ccc(Cl)s1. The van der Waals surface area contributed by atoms with Gasteiger partial charge in [-0.3, -0.25) is 4.90 Å². The third-order valence-electron chi connectivity index (χ3n) is 3.93. The van der Waals surface area contributed by atoms with Crippen molar-refractivity contribution in [2.24, 2.45) is 0 Å². The highest BCUT2D eigenvalue weighted by atomic mass is 35.5. The van der Waals surface area contributed by atoms with Crippen molar-refractivity contribution in [3.8, 4) is 22.9 Å². The number of hydrogen-bond donors (Lipinski definition) is 0. The van der Waals surface area contributed by atoms with Crippen molar-refractivity contribution in [1.82, 2.24) is 15.0 Å². The Kier molecular flexibility index (Phi) is 6.13. The number of nitrogens with zero attached hydrogens (tertiary/aromatic N) is 3. The molecule has 0 saturated heterocycles. The van der Waals surface area contributed by atoms with Crippen molar-refractivity contribution < 1.29 is 14.0 Å². The average molecular weight is 394 g/mol. The second-order valence-corrected chi connectivity index (χ2v) is 7.39. The molecule has 6 nitrogen and oxygen atoms in total. The van der Waals surface area contributed by atoms with Gasteiger partial charge in [-0.15, -0.1) is 11.3 Å². The van der Waals surface area contributed by atoms with E-state index in [-0.39, 0.29) is 0 Å². The Labute approximate surface area is 161 Å². The molecule has 26 heavy (non-hydrogen) atoms. The summed E-state index contributed by atoms with van der Waals surface area (Å²) in [6.45, 7) is 4.31. The molecule has 0 amide bonds. The van der Waals surface area contributed by atoms with Crippen LogP contribution in [-0.4, -0.2) is 35.8 Å². The number of rotatable bonds is 8. The van der Waals surface area contributed by atoms with E-state index in [1.807, 2.05) is 24.3 Å². The standard InChI is InChI=1S/C18H20ClN3O3S/c1-4-22(10-13-6-8-16(19)26-13)11-17-20-18(21-25-17)14-7-5-12(23-2)9-15(14)24-3/h5-9H,4,10-11H2,1-3H3. The minimum Gasteiger partial charge on any atom is -0.497 e. The van der Waals surface area contributed by atoms with Crippen LogP contribution in [0.2, 0.25) is 4.34 Å². The second kappa shape index (κ2) is 8.53. The lowest BCUT2D eigenvalue weighted by Crippen LogP contribution is -2.21. The zero-order valence-corrected chi connectivity index (χ0v) is 16.4. The first-order chi connectivity index (χ1) is 12.6. The van der Waals surface area contributed by atoms with Gasteiger partial charge in [0.2, 0.25) is 11.7 Å². The van der Waals surface area contributed by atoms with E-state index >= 15 is 0 Å². The third-order valence-corrected chi connectivity index (χ3v) is 5.15. The van der Waals surface area contributed by atoms with Gasteiger partial charge in [0, 0.05) is 17.5 Å². The number of aromatic nitrogens is 2. The normalized spacial score (nSPS) is 11.1. The molecule has 0 aliphatic heterocycles. The molecule has 8 heteroatoms. The van der Waals surface area contributed by atoms with Crippen LogP contribution < -0.4 is 9.47 Å². The van der Waals surface area contributed by atoms with Gasteiger partial charge in [-0.25, -0.2) is 0 Å². The fourth-order valence-corrected chi connectivity index (χ4v) is 3.67. The van der Waals surface area contributed by atoms with E-state index in [9.17, 15) is 0 Å². The molecule has 1 aromatic carbocycles. The van der Waals surface area contributed by atoms with Crippen molar-refractivity contribution in [2.75, 3.05) is 20.8 Å². The van der Waals surface area contributed by atoms with E-state index in [1.54, 1.807) is 31.6 Å². The minimum absolute atomic E-state index is 0.495. The van der Waals surface area contributed by atoms with E-state index in [1.165, 1.54) is 4.88 Å². The molecule has 2 heterocycles. The lowest BCUT2D eigenvalue weighted by Gasteiger charge is -2.16. The summed E-state index contributed by atoms with van der Waals surface area (Å²) in [5, 5.41) is 4.10. The van der Waals surface area contributed by atoms with Gasteiger partial charge in [0.25, 0.3) is 0 Å². The largest absolute Gasteiger partial charge is 0.497 e. The van der Waals surface area contributed by atoms with Gasteiger partial charge in [-0.2, -0.15) is 4.98 Å².